The molecule has 2 nitrogen and oxygen atoms in total. The molecule has 6 heteroatoms. The minimum Gasteiger partial charge on any atom is -0.361 e. The Morgan fingerprint density at radius 3 is 2.46 bits per heavy atom. The van der Waals surface area contributed by atoms with Crippen molar-refractivity contribution in [1.29, 1.82) is 0 Å². The zero-order chi connectivity index (χ0) is 17.9. The van der Waals surface area contributed by atoms with E-state index in [0.29, 0.717) is 6.54 Å². The zero-order valence-electron chi connectivity index (χ0n) is 14.3. The summed E-state index contributed by atoms with van der Waals surface area (Å²) in [6.45, 7) is 1.51. The molecule has 0 bridgehead atoms. The molecular weight excluding hydrogens is 361 g/mol. The van der Waals surface area contributed by atoms with Gasteiger partial charge in [-0.2, -0.15) is 13.2 Å². The molecule has 1 heterocycles. The third-order valence-corrected chi connectivity index (χ3v) is 4.04. The van der Waals surface area contributed by atoms with E-state index in [1.165, 1.54) is 23.1 Å². The van der Waals surface area contributed by atoms with Crippen LogP contribution in [-0.4, -0.2) is 23.5 Å². The SMILES string of the molecule is CN(C/C=C/c1ccc(C(F)(F)F)cc1)Cc1ccc2cc[nH]c2c1.Cl. The number of rotatable bonds is 5. The van der Waals surface area contributed by atoms with Crippen molar-refractivity contribution in [2.45, 2.75) is 12.7 Å². The molecule has 0 atom stereocenters. The number of hydrogen-bond donors (Lipinski definition) is 1. The number of halogens is 4. The summed E-state index contributed by atoms with van der Waals surface area (Å²) in [6, 6.07) is 13.5. The first-order valence-electron chi connectivity index (χ1n) is 8.00. The Balaban J connectivity index is 0.00000243. The van der Waals surface area contributed by atoms with Crippen LogP contribution in [0.1, 0.15) is 16.7 Å². The number of aromatic nitrogens is 1. The molecule has 3 aromatic rings. The molecule has 0 spiro atoms. The molecule has 0 aliphatic heterocycles. The van der Waals surface area contributed by atoms with Crippen molar-refractivity contribution in [2.75, 3.05) is 13.6 Å². The van der Waals surface area contributed by atoms with Gasteiger partial charge in [-0.25, -0.2) is 0 Å². The third-order valence-electron chi connectivity index (χ3n) is 4.04. The first kappa shape index (κ1) is 20.1. The molecule has 0 saturated heterocycles. The summed E-state index contributed by atoms with van der Waals surface area (Å²) >= 11 is 0. The van der Waals surface area contributed by atoms with Crippen LogP contribution in [0.4, 0.5) is 13.2 Å². The largest absolute Gasteiger partial charge is 0.416 e. The zero-order valence-corrected chi connectivity index (χ0v) is 15.1. The van der Waals surface area contributed by atoms with Gasteiger partial charge < -0.3 is 4.98 Å². The van der Waals surface area contributed by atoms with Crippen molar-refractivity contribution in [2.24, 2.45) is 0 Å². The molecule has 2 aromatic carbocycles. The maximum absolute atomic E-state index is 12.5. The Bertz CT molecular complexity index is 867. The van der Waals surface area contributed by atoms with Gasteiger partial charge in [-0.3, -0.25) is 4.90 Å². The second kappa shape index (κ2) is 8.43. The topological polar surface area (TPSA) is 19.0 Å². The van der Waals surface area contributed by atoms with E-state index in [-0.39, 0.29) is 12.4 Å². The van der Waals surface area contributed by atoms with Crippen LogP contribution in [0.3, 0.4) is 0 Å². The first-order valence-corrected chi connectivity index (χ1v) is 8.00. The van der Waals surface area contributed by atoms with Crippen LogP contribution in [0.15, 0.2) is 60.8 Å². The van der Waals surface area contributed by atoms with E-state index < -0.39 is 11.7 Å². The number of H-pyrrole nitrogens is 1. The number of likely N-dealkylation sites (N-methyl/N-ethyl adjacent to an activating group) is 1. The summed E-state index contributed by atoms with van der Waals surface area (Å²) in [6.07, 6.45) is 1.42. The molecule has 0 amide bonds. The number of hydrogen-bond acceptors (Lipinski definition) is 1. The third kappa shape index (κ3) is 5.13. The van der Waals surface area contributed by atoms with Crippen LogP contribution in [0, 0.1) is 0 Å². The fourth-order valence-electron chi connectivity index (χ4n) is 2.72. The summed E-state index contributed by atoms with van der Waals surface area (Å²) in [5.41, 5.74) is 2.46. The van der Waals surface area contributed by atoms with Crippen molar-refractivity contribution in [3.63, 3.8) is 0 Å². The van der Waals surface area contributed by atoms with E-state index in [9.17, 15) is 13.2 Å². The van der Waals surface area contributed by atoms with Crippen LogP contribution in [-0.2, 0) is 12.7 Å². The van der Waals surface area contributed by atoms with E-state index in [2.05, 4.69) is 28.1 Å². The summed E-state index contributed by atoms with van der Waals surface area (Å²) in [4.78, 5) is 5.34. The Kier molecular flexibility index (Phi) is 6.51. The minimum atomic E-state index is -4.29. The average molecular weight is 381 g/mol. The lowest BCUT2D eigenvalue weighted by atomic mass is 10.1. The predicted octanol–water partition coefficient (Wildman–Crippen LogP) is 5.75. The van der Waals surface area contributed by atoms with Gasteiger partial charge in [0.05, 0.1) is 5.56 Å². The van der Waals surface area contributed by atoms with Crippen LogP contribution in [0.25, 0.3) is 17.0 Å². The van der Waals surface area contributed by atoms with Gasteiger partial charge in [0.2, 0.25) is 0 Å². The Labute approximate surface area is 156 Å². The van der Waals surface area contributed by atoms with Crippen molar-refractivity contribution in [3.8, 4) is 0 Å². The summed E-state index contributed by atoms with van der Waals surface area (Å²) < 4.78 is 37.6. The Morgan fingerprint density at radius 2 is 1.77 bits per heavy atom. The van der Waals surface area contributed by atoms with Gasteiger partial charge in [0, 0.05) is 24.8 Å². The molecule has 0 radical (unpaired) electrons. The van der Waals surface area contributed by atoms with Gasteiger partial charge >= 0.3 is 6.18 Å². The highest BCUT2D eigenvalue weighted by atomic mass is 35.5. The lowest BCUT2D eigenvalue weighted by molar-refractivity contribution is -0.137. The average Bonchev–Trinajstić information content (AvgIpc) is 3.02. The molecule has 138 valence electrons. The lowest BCUT2D eigenvalue weighted by Gasteiger charge is -2.14. The van der Waals surface area contributed by atoms with Gasteiger partial charge in [-0.15, -0.1) is 12.4 Å². The van der Waals surface area contributed by atoms with E-state index in [0.717, 1.165) is 29.8 Å². The molecule has 1 aromatic heterocycles. The van der Waals surface area contributed by atoms with Gasteiger partial charge in [0.25, 0.3) is 0 Å². The normalized spacial score (nSPS) is 12.0. The quantitative estimate of drug-likeness (QED) is 0.596. The van der Waals surface area contributed by atoms with Gasteiger partial charge in [-0.1, -0.05) is 36.4 Å². The number of benzene rings is 2. The molecular formula is C20H20ClF3N2. The Hall–Kier alpha value is -2.24. The number of nitrogens with zero attached hydrogens (tertiary/aromatic N) is 1. The molecule has 26 heavy (non-hydrogen) atoms. The smallest absolute Gasteiger partial charge is 0.361 e. The maximum Gasteiger partial charge on any atom is 0.416 e. The second-order valence-corrected chi connectivity index (χ2v) is 6.12. The molecule has 0 aliphatic rings. The van der Waals surface area contributed by atoms with E-state index >= 15 is 0 Å². The van der Waals surface area contributed by atoms with E-state index in [1.54, 1.807) is 0 Å². The maximum atomic E-state index is 12.5. The fourth-order valence-corrected chi connectivity index (χ4v) is 2.72. The molecule has 0 unspecified atom stereocenters. The Morgan fingerprint density at radius 1 is 1.04 bits per heavy atom. The van der Waals surface area contributed by atoms with Crippen LogP contribution < -0.4 is 0 Å². The summed E-state index contributed by atoms with van der Waals surface area (Å²) in [7, 11) is 2.01. The molecule has 0 saturated carbocycles. The van der Waals surface area contributed by atoms with Crippen molar-refractivity contribution < 1.29 is 13.2 Å². The van der Waals surface area contributed by atoms with Crippen LogP contribution in [0.5, 0.6) is 0 Å². The minimum absolute atomic E-state index is 0. The van der Waals surface area contributed by atoms with Crippen molar-refractivity contribution in [1.82, 2.24) is 9.88 Å². The van der Waals surface area contributed by atoms with Crippen molar-refractivity contribution >= 4 is 29.4 Å². The highest BCUT2D eigenvalue weighted by Crippen LogP contribution is 2.29. The first-order chi connectivity index (χ1) is 11.9. The number of alkyl halides is 3. The fraction of sp³-hybridized carbons (Fsp3) is 0.200. The standard InChI is InChI=1S/C20H19F3N2.ClH/c1-25(14-16-4-7-17-10-11-24-19(17)13-16)12-2-3-15-5-8-18(9-6-15)20(21,22)23;/h2-11,13,24H,12,14H2,1H3;1H/b3-2+;. The summed E-state index contributed by atoms with van der Waals surface area (Å²) in [5, 5.41) is 1.19. The van der Waals surface area contributed by atoms with Gasteiger partial charge in [0.1, 0.15) is 0 Å². The van der Waals surface area contributed by atoms with Crippen LogP contribution in [0.2, 0.25) is 0 Å². The summed E-state index contributed by atoms with van der Waals surface area (Å²) in [5.74, 6) is 0. The van der Waals surface area contributed by atoms with Crippen LogP contribution >= 0.6 is 12.4 Å². The van der Waals surface area contributed by atoms with Gasteiger partial charge in [-0.05, 0) is 47.8 Å². The highest BCUT2D eigenvalue weighted by Gasteiger charge is 2.29. The van der Waals surface area contributed by atoms with E-state index in [4.69, 9.17) is 0 Å². The second-order valence-electron chi connectivity index (χ2n) is 6.12. The number of nitrogens with one attached hydrogen (secondary N) is 1. The van der Waals surface area contributed by atoms with Crippen molar-refractivity contribution in [3.05, 3.63) is 77.5 Å². The highest BCUT2D eigenvalue weighted by molar-refractivity contribution is 5.85. The molecule has 1 N–H and O–H groups in total. The number of fused-ring (bicyclic) bond motifs is 1. The number of aromatic amines is 1. The van der Waals surface area contributed by atoms with Gasteiger partial charge in [0.15, 0.2) is 0 Å². The molecule has 0 fully saturated rings. The molecule has 0 aliphatic carbocycles. The molecule has 3 rings (SSSR count). The lowest BCUT2D eigenvalue weighted by Crippen LogP contribution is -2.17. The predicted molar refractivity (Wildman–Crippen MR) is 102 cm³/mol. The monoisotopic (exact) mass is 380 g/mol. The van der Waals surface area contributed by atoms with E-state index in [1.807, 2.05) is 31.5 Å².